The van der Waals surface area contributed by atoms with E-state index in [1.54, 1.807) is 24.3 Å². The Morgan fingerprint density at radius 2 is 1.72 bits per heavy atom. The zero-order valence-corrected chi connectivity index (χ0v) is 12.5. The molecule has 18 heavy (non-hydrogen) atoms. The van der Waals surface area contributed by atoms with Crippen LogP contribution in [0.3, 0.4) is 0 Å². The van der Waals surface area contributed by atoms with Gasteiger partial charge in [-0.1, -0.05) is 19.9 Å². The number of carbonyl (C=O) groups is 2. The Balaban J connectivity index is 0. The Morgan fingerprint density at radius 3 is 2.22 bits per heavy atom. The van der Waals surface area contributed by atoms with Crippen LogP contribution >= 0.6 is 0 Å². The number of Topliss-reactive ketones (excluding diaryl/α,β-unsaturated/α-hetero) is 1. The topological polar surface area (TPSA) is 52.6 Å². The Kier molecular flexibility index (Phi) is 11.5. The second kappa shape index (κ2) is 10.9. The van der Waals surface area contributed by atoms with E-state index in [4.69, 9.17) is 9.47 Å². The summed E-state index contributed by atoms with van der Waals surface area (Å²) >= 11 is 0. The molecule has 5 heteroatoms. The number of rotatable bonds is 4. The first-order chi connectivity index (χ1) is 8.11. The molecule has 0 aromatic heterocycles. The number of methoxy groups -OCH3 is 1. The summed E-state index contributed by atoms with van der Waals surface area (Å²) in [6, 6.07) is 6.65. The SMILES string of the molecule is CC.COc1cccc(OC(=O)CC(C)=O)c1.[V]. The molecule has 99 valence electrons. The summed E-state index contributed by atoms with van der Waals surface area (Å²) in [5, 5.41) is 0. The molecule has 1 rings (SSSR count). The monoisotopic (exact) mass is 289 g/mol. The number of ether oxygens (including phenoxy) is 2. The van der Waals surface area contributed by atoms with Crippen LogP contribution in [-0.2, 0) is 28.1 Å². The fourth-order valence-corrected chi connectivity index (χ4v) is 1.04. The first kappa shape index (κ1) is 19.1. The number of hydrogen-bond acceptors (Lipinski definition) is 4. The maximum atomic E-state index is 11.1. The Bertz CT molecular complexity index is 377. The summed E-state index contributed by atoms with van der Waals surface area (Å²) in [6.45, 7) is 5.34. The van der Waals surface area contributed by atoms with Gasteiger partial charge in [-0.05, 0) is 19.1 Å². The van der Waals surface area contributed by atoms with Gasteiger partial charge in [0.25, 0.3) is 0 Å². The van der Waals surface area contributed by atoms with Crippen LogP contribution in [0.2, 0.25) is 0 Å². The predicted molar refractivity (Wildman–Crippen MR) is 65.3 cm³/mol. The van der Waals surface area contributed by atoms with Gasteiger partial charge in [0.2, 0.25) is 0 Å². The molecular weight excluding hydrogens is 271 g/mol. The van der Waals surface area contributed by atoms with Crippen molar-refractivity contribution in [2.45, 2.75) is 27.2 Å². The van der Waals surface area contributed by atoms with Gasteiger partial charge in [-0.25, -0.2) is 0 Å². The van der Waals surface area contributed by atoms with Crippen LogP contribution in [0.25, 0.3) is 0 Å². The molecule has 0 saturated carbocycles. The van der Waals surface area contributed by atoms with E-state index >= 15 is 0 Å². The van der Waals surface area contributed by atoms with E-state index < -0.39 is 5.97 Å². The molecule has 0 N–H and O–H groups in total. The van der Waals surface area contributed by atoms with Crippen molar-refractivity contribution >= 4 is 11.8 Å². The van der Waals surface area contributed by atoms with Crippen molar-refractivity contribution < 1.29 is 37.6 Å². The largest absolute Gasteiger partial charge is 0.497 e. The van der Waals surface area contributed by atoms with Gasteiger partial charge < -0.3 is 9.47 Å². The smallest absolute Gasteiger partial charge is 0.318 e. The summed E-state index contributed by atoms with van der Waals surface area (Å²) < 4.78 is 9.89. The summed E-state index contributed by atoms with van der Waals surface area (Å²) in [7, 11) is 1.52. The number of ketones is 1. The van der Waals surface area contributed by atoms with Crippen molar-refractivity contribution in [3.05, 3.63) is 24.3 Å². The molecule has 0 heterocycles. The van der Waals surface area contributed by atoms with Crippen LogP contribution in [0.4, 0.5) is 0 Å². The summed E-state index contributed by atoms with van der Waals surface area (Å²) in [5.41, 5.74) is 0. The first-order valence-corrected chi connectivity index (χ1v) is 5.46. The van der Waals surface area contributed by atoms with E-state index in [0.717, 1.165) is 0 Å². The number of hydrogen-bond donors (Lipinski definition) is 0. The summed E-state index contributed by atoms with van der Waals surface area (Å²) in [4.78, 5) is 21.8. The fraction of sp³-hybridized carbons (Fsp3) is 0.385. The molecule has 1 radical (unpaired) electrons. The number of carbonyl (C=O) groups excluding carboxylic acids is 2. The van der Waals surface area contributed by atoms with Crippen LogP contribution in [0.15, 0.2) is 24.3 Å². The molecule has 0 atom stereocenters. The Morgan fingerprint density at radius 1 is 1.17 bits per heavy atom. The molecule has 0 aliphatic rings. The van der Waals surface area contributed by atoms with Crippen molar-refractivity contribution in [2.24, 2.45) is 0 Å². The van der Waals surface area contributed by atoms with Gasteiger partial charge in [0.05, 0.1) is 7.11 Å². The van der Waals surface area contributed by atoms with Crippen molar-refractivity contribution in [1.29, 1.82) is 0 Å². The quantitative estimate of drug-likeness (QED) is 0.486. The van der Waals surface area contributed by atoms with Crippen LogP contribution < -0.4 is 9.47 Å². The Labute approximate surface area is 120 Å². The van der Waals surface area contributed by atoms with Gasteiger partial charge in [-0.15, -0.1) is 0 Å². The zero-order valence-electron chi connectivity index (χ0n) is 11.1. The minimum Gasteiger partial charge on any atom is -0.497 e. The van der Waals surface area contributed by atoms with Crippen molar-refractivity contribution in [3.8, 4) is 11.5 Å². The van der Waals surface area contributed by atoms with Gasteiger partial charge in [0.15, 0.2) is 0 Å². The van der Waals surface area contributed by atoms with Crippen molar-refractivity contribution in [1.82, 2.24) is 0 Å². The molecule has 0 amide bonds. The Hall–Kier alpha value is -1.26. The third-order valence-corrected chi connectivity index (χ3v) is 1.67. The van der Waals surface area contributed by atoms with E-state index in [-0.39, 0.29) is 30.8 Å². The third-order valence-electron chi connectivity index (χ3n) is 1.67. The number of benzene rings is 1. The van der Waals surface area contributed by atoms with Crippen LogP contribution in [0.5, 0.6) is 11.5 Å². The molecule has 1 aromatic rings. The van der Waals surface area contributed by atoms with Crippen molar-refractivity contribution in [3.63, 3.8) is 0 Å². The maximum Gasteiger partial charge on any atom is 0.318 e. The molecule has 0 fully saturated rings. The molecule has 0 saturated heterocycles. The molecule has 0 aliphatic carbocycles. The van der Waals surface area contributed by atoms with E-state index in [0.29, 0.717) is 11.5 Å². The molecule has 0 spiro atoms. The van der Waals surface area contributed by atoms with Crippen LogP contribution in [-0.4, -0.2) is 18.9 Å². The fourth-order valence-electron chi connectivity index (χ4n) is 1.04. The second-order valence-electron chi connectivity index (χ2n) is 3.03. The standard InChI is InChI=1S/C11H12O4.C2H6.V/c1-8(12)6-11(13)15-10-5-3-4-9(7-10)14-2;1-2;/h3-5,7H,6H2,1-2H3;1-2H3;. The number of esters is 1. The van der Waals surface area contributed by atoms with Crippen LogP contribution in [0, 0.1) is 0 Å². The van der Waals surface area contributed by atoms with E-state index in [1.807, 2.05) is 13.8 Å². The minimum atomic E-state index is -0.559. The molecular formula is C13H18O4V. The second-order valence-corrected chi connectivity index (χ2v) is 3.03. The average Bonchev–Trinajstić information content (AvgIpc) is 2.30. The van der Waals surface area contributed by atoms with Gasteiger partial charge >= 0.3 is 5.97 Å². The van der Waals surface area contributed by atoms with Gasteiger partial charge in [-0.2, -0.15) is 0 Å². The normalized spacial score (nSPS) is 8.22. The van der Waals surface area contributed by atoms with Gasteiger partial charge in [0.1, 0.15) is 23.7 Å². The van der Waals surface area contributed by atoms with Crippen molar-refractivity contribution in [2.75, 3.05) is 7.11 Å². The molecule has 1 aromatic carbocycles. The maximum absolute atomic E-state index is 11.1. The molecule has 0 bridgehead atoms. The molecule has 0 unspecified atom stereocenters. The van der Waals surface area contributed by atoms with E-state index in [1.165, 1.54) is 14.0 Å². The average molecular weight is 289 g/mol. The van der Waals surface area contributed by atoms with E-state index in [2.05, 4.69) is 0 Å². The molecule has 0 aliphatic heterocycles. The zero-order chi connectivity index (χ0) is 13.3. The minimum absolute atomic E-state index is 0. The first-order valence-electron chi connectivity index (χ1n) is 5.46. The summed E-state index contributed by atoms with van der Waals surface area (Å²) in [6.07, 6.45) is -0.211. The summed E-state index contributed by atoms with van der Waals surface area (Å²) in [5.74, 6) is 0.197. The van der Waals surface area contributed by atoms with E-state index in [9.17, 15) is 9.59 Å². The predicted octanol–water partition coefficient (Wildman–Crippen LogP) is 2.60. The van der Waals surface area contributed by atoms with Crippen LogP contribution in [0.1, 0.15) is 27.2 Å². The van der Waals surface area contributed by atoms with Gasteiger partial charge in [0, 0.05) is 24.6 Å². The molecule has 4 nitrogen and oxygen atoms in total. The third kappa shape index (κ3) is 7.93. The van der Waals surface area contributed by atoms with Gasteiger partial charge in [-0.3, -0.25) is 9.59 Å².